The molecule has 1 aliphatic carbocycles. The Morgan fingerprint density at radius 2 is 2.54 bits per heavy atom. The average molecular weight is 195 g/mol. The fraction of sp³-hybridized carbons (Fsp3) is 0.500. The van der Waals surface area contributed by atoms with Crippen LogP contribution in [0, 0.1) is 5.92 Å². The Balaban J connectivity index is 2.30. The third-order valence-corrected chi connectivity index (χ3v) is 3.77. The van der Waals surface area contributed by atoms with Crippen molar-refractivity contribution in [1.82, 2.24) is 0 Å². The van der Waals surface area contributed by atoms with E-state index in [1.165, 1.54) is 17.5 Å². The van der Waals surface area contributed by atoms with Gasteiger partial charge in [0.2, 0.25) is 0 Å². The van der Waals surface area contributed by atoms with Gasteiger partial charge in [0, 0.05) is 0 Å². The topological polar surface area (TPSA) is 43.1 Å². The average Bonchev–Trinajstić information content (AvgIpc) is 2.59. The van der Waals surface area contributed by atoms with Gasteiger partial charge in [-0.1, -0.05) is 0 Å². The second-order valence-electron chi connectivity index (χ2n) is 3.57. The molecule has 0 saturated carbocycles. The van der Waals surface area contributed by atoms with Gasteiger partial charge in [-0.15, -0.1) is 11.3 Å². The fourth-order valence-electron chi connectivity index (χ4n) is 1.93. The number of thiophene rings is 1. The van der Waals surface area contributed by atoms with Crippen LogP contribution in [0.15, 0.2) is 5.38 Å². The minimum atomic E-state index is 0.584. The van der Waals surface area contributed by atoms with Crippen LogP contribution in [0.3, 0.4) is 0 Å². The highest BCUT2D eigenvalue weighted by atomic mass is 32.1. The maximum Gasteiger partial charge on any atom is 0.160 e. The fourth-order valence-corrected chi connectivity index (χ4v) is 2.87. The number of hydrogen-bond acceptors (Lipinski definition) is 3. The summed E-state index contributed by atoms with van der Waals surface area (Å²) in [7, 11) is 0. The van der Waals surface area contributed by atoms with Crippen molar-refractivity contribution >= 4 is 17.6 Å². The van der Waals surface area contributed by atoms with Gasteiger partial charge in [0.15, 0.2) is 6.29 Å². The zero-order chi connectivity index (χ0) is 9.26. The minimum Gasteiger partial charge on any atom is -0.330 e. The Morgan fingerprint density at radius 3 is 3.23 bits per heavy atom. The Kier molecular flexibility index (Phi) is 2.47. The lowest BCUT2D eigenvalue weighted by atomic mass is 9.85. The van der Waals surface area contributed by atoms with Crippen molar-refractivity contribution in [2.45, 2.75) is 19.3 Å². The molecule has 2 N–H and O–H groups in total. The first-order chi connectivity index (χ1) is 6.35. The summed E-state index contributed by atoms with van der Waals surface area (Å²) in [5, 5.41) is 2.12. The normalized spacial score (nSPS) is 21.2. The maximum absolute atomic E-state index is 10.7. The SMILES string of the molecule is NCC1CCc2csc(C=O)c2C1. The second kappa shape index (κ2) is 3.60. The molecule has 1 aromatic rings. The van der Waals surface area contributed by atoms with Gasteiger partial charge in [0.25, 0.3) is 0 Å². The standard InChI is InChI=1S/C10H13NOS/c11-4-7-1-2-8-6-13-10(5-12)9(8)3-7/h5-7H,1-4,11H2. The number of carbonyl (C=O) groups excluding carboxylic acids is 1. The molecule has 2 rings (SSSR count). The lowest BCUT2D eigenvalue weighted by Gasteiger charge is -2.20. The highest BCUT2D eigenvalue weighted by molar-refractivity contribution is 7.12. The summed E-state index contributed by atoms with van der Waals surface area (Å²) >= 11 is 1.57. The molecule has 0 spiro atoms. The molecule has 70 valence electrons. The molecule has 1 atom stereocenters. The first-order valence-corrected chi connectivity index (χ1v) is 5.47. The third kappa shape index (κ3) is 1.54. The maximum atomic E-state index is 10.7. The molecule has 1 aromatic heterocycles. The van der Waals surface area contributed by atoms with Gasteiger partial charge >= 0.3 is 0 Å². The van der Waals surface area contributed by atoms with Crippen LogP contribution in [0.5, 0.6) is 0 Å². The van der Waals surface area contributed by atoms with Gasteiger partial charge in [0.1, 0.15) is 0 Å². The molecule has 0 aliphatic heterocycles. The van der Waals surface area contributed by atoms with E-state index in [2.05, 4.69) is 5.38 Å². The Morgan fingerprint density at radius 1 is 1.69 bits per heavy atom. The molecule has 0 bridgehead atoms. The first-order valence-electron chi connectivity index (χ1n) is 4.59. The Hall–Kier alpha value is -0.670. The molecule has 2 nitrogen and oxygen atoms in total. The minimum absolute atomic E-state index is 0.584. The predicted molar refractivity (Wildman–Crippen MR) is 54.3 cm³/mol. The van der Waals surface area contributed by atoms with Crippen LogP contribution in [0.4, 0.5) is 0 Å². The molecular formula is C10H13NOS. The Bertz CT molecular complexity index is 319. The van der Waals surface area contributed by atoms with Gasteiger partial charge in [-0.2, -0.15) is 0 Å². The lowest BCUT2D eigenvalue weighted by Crippen LogP contribution is -2.21. The quantitative estimate of drug-likeness (QED) is 0.729. The van der Waals surface area contributed by atoms with Crippen LogP contribution in [-0.4, -0.2) is 12.8 Å². The summed E-state index contributed by atoms with van der Waals surface area (Å²) < 4.78 is 0. The third-order valence-electron chi connectivity index (χ3n) is 2.77. The van der Waals surface area contributed by atoms with Crippen LogP contribution in [-0.2, 0) is 12.8 Å². The number of nitrogens with two attached hydrogens (primary N) is 1. The smallest absolute Gasteiger partial charge is 0.160 e. The molecule has 0 radical (unpaired) electrons. The van der Waals surface area contributed by atoms with E-state index >= 15 is 0 Å². The molecule has 1 unspecified atom stereocenters. The summed E-state index contributed by atoms with van der Waals surface area (Å²) in [5.41, 5.74) is 8.27. The van der Waals surface area contributed by atoms with Crippen molar-refractivity contribution in [1.29, 1.82) is 0 Å². The lowest BCUT2D eigenvalue weighted by molar-refractivity contribution is 0.112. The van der Waals surface area contributed by atoms with Crippen molar-refractivity contribution < 1.29 is 4.79 Å². The molecular weight excluding hydrogens is 182 g/mol. The summed E-state index contributed by atoms with van der Waals surface area (Å²) in [4.78, 5) is 11.6. The number of aryl methyl sites for hydroxylation is 1. The summed E-state index contributed by atoms with van der Waals surface area (Å²) in [6.45, 7) is 0.744. The zero-order valence-corrected chi connectivity index (χ0v) is 8.27. The summed E-state index contributed by atoms with van der Waals surface area (Å²) in [6, 6.07) is 0. The molecule has 0 fully saturated rings. The number of carbonyl (C=O) groups is 1. The van der Waals surface area contributed by atoms with Crippen LogP contribution >= 0.6 is 11.3 Å². The van der Waals surface area contributed by atoms with E-state index < -0.39 is 0 Å². The van der Waals surface area contributed by atoms with Crippen molar-refractivity contribution in [2.24, 2.45) is 11.7 Å². The van der Waals surface area contributed by atoms with Crippen molar-refractivity contribution in [3.05, 3.63) is 21.4 Å². The van der Waals surface area contributed by atoms with Gasteiger partial charge < -0.3 is 5.73 Å². The number of aldehydes is 1. The summed E-state index contributed by atoms with van der Waals surface area (Å²) in [5.74, 6) is 0.584. The van der Waals surface area contributed by atoms with E-state index in [1.807, 2.05) is 0 Å². The zero-order valence-electron chi connectivity index (χ0n) is 7.45. The van der Waals surface area contributed by atoms with Crippen LogP contribution in [0.1, 0.15) is 27.2 Å². The molecule has 0 aromatic carbocycles. The van der Waals surface area contributed by atoms with E-state index in [-0.39, 0.29) is 0 Å². The predicted octanol–water partition coefficient (Wildman–Crippen LogP) is 1.62. The number of rotatable bonds is 2. The van der Waals surface area contributed by atoms with E-state index in [0.29, 0.717) is 5.92 Å². The molecule has 3 heteroatoms. The van der Waals surface area contributed by atoms with E-state index in [4.69, 9.17) is 5.73 Å². The van der Waals surface area contributed by atoms with Gasteiger partial charge in [-0.05, 0) is 48.2 Å². The van der Waals surface area contributed by atoms with Crippen LogP contribution in [0.2, 0.25) is 0 Å². The molecule has 13 heavy (non-hydrogen) atoms. The monoisotopic (exact) mass is 195 g/mol. The van der Waals surface area contributed by atoms with Crippen LogP contribution in [0.25, 0.3) is 0 Å². The van der Waals surface area contributed by atoms with Gasteiger partial charge in [-0.3, -0.25) is 4.79 Å². The molecule has 0 amide bonds. The number of hydrogen-bond donors (Lipinski definition) is 1. The molecule has 1 aliphatic rings. The highest BCUT2D eigenvalue weighted by Crippen LogP contribution is 2.31. The Labute approximate surface area is 81.8 Å². The first kappa shape index (κ1) is 8.91. The molecule has 0 saturated heterocycles. The molecule has 1 heterocycles. The van der Waals surface area contributed by atoms with E-state index in [0.717, 1.165) is 30.5 Å². The van der Waals surface area contributed by atoms with Crippen molar-refractivity contribution in [2.75, 3.05) is 6.54 Å². The highest BCUT2D eigenvalue weighted by Gasteiger charge is 2.21. The van der Waals surface area contributed by atoms with Gasteiger partial charge in [0.05, 0.1) is 4.88 Å². The second-order valence-corrected chi connectivity index (χ2v) is 4.48. The van der Waals surface area contributed by atoms with Crippen molar-refractivity contribution in [3.63, 3.8) is 0 Å². The largest absolute Gasteiger partial charge is 0.330 e. The van der Waals surface area contributed by atoms with Crippen LogP contribution < -0.4 is 5.73 Å². The van der Waals surface area contributed by atoms with E-state index in [1.54, 1.807) is 11.3 Å². The van der Waals surface area contributed by atoms with Gasteiger partial charge in [-0.25, -0.2) is 0 Å². The van der Waals surface area contributed by atoms with E-state index in [9.17, 15) is 4.79 Å². The van der Waals surface area contributed by atoms with Crippen molar-refractivity contribution in [3.8, 4) is 0 Å². The number of fused-ring (bicyclic) bond motifs is 1. The summed E-state index contributed by atoms with van der Waals surface area (Å²) in [6.07, 6.45) is 4.26.